The predicted octanol–water partition coefficient (Wildman–Crippen LogP) is 2.18. The second kappa shape index (κ2) is 7.44. The highest BCUT2D eigenvalue weighted by Gasteiger charge is 2.35. The summed E-state index contributed by atoms with van der Waals surface area (Å²) in [6, 6.07) is 10.4. The third-order valence-corrected chi connectivity index (χ3v) is 7.18. The number of hydrogen-bond acceptors (Lipinski definition) is 7. The van der Waals surface area contributed by atoms with Crippen molar-refractivity contribution in [2.75, 3.05) is 11.9 Å². The molecule has 0 unspecified atom stereocenters. The summed E-state index contributed by atoms with van der Waals surface area (Å²) in [7, 11) is 0. The van der Waals surface area contributed by atoms with Gasteiger partial charge in [0.05, 0.1) is 23.5 Å². The lowest BCUT2D eigenvalue weighted by atomic mass is 10.0. The summed E-state index contributed by atoms with van der Waals surface area (Å²) in [5.74, 6) is -0.815. The number of thiazole rings is 1. The molecule has 7 nitrogen and oxygen atoms in total. The number of para-hydroxylation sites is 1. The van der Waals surface area contributed by atoms with Gasteiger partial charge in [0.2, 0.25) is 0 Å². The molecule has 2 aliphatic rings. The maximum Gasteiger partial charge on any atom is 0.338 e. The van der Waals surface area contributed by atoms with Gasteiger partial charge in [-0.1, -0.05) is 35.6 Å². The molecule has 31 heavy (non-hydrogen) atoms. The van der Waals surface area contributed by atoms with E-state index >= 15 is 0 Å². The number of rotatable bonds is 3. The van der Waals surface area contributed by atoms with Gasteiger partial charge in [0.25, 0.3) is 11.5 Å². The first-order valence-electron chi connectivity index (χ1n) is 9.67. The fraction of sp³-hybridized carbons (Fsp3) is 0.182. The highest BCUT2D eigenvalue weighted by molar-refractivity contribution is 7.10. The molecule has 3 aromatic rings. The van der Waals surface area contributed by atoms with Crippen LogP contribution in [0.3, 0.4) is 0 Å². The van der Waals surface area contributed by atoms with Crippen LogP contribution in [0.4, 0.5) is 5.69 Å². The molecule has 156 valence electrons. The van der Waals surface area contributed by atoms with E-state index in [-0.39, 0.29) is 18.1 Å². The van der Waals surface area contributed by atoms with Gasteiger partial charge in [0.1, 0.15) is 10.6 Å². The number of allylic oxidation sites excluding steroid dienone is 1. The number of carbonyl (C=O) groups excluding carboxylic acids is 2. The number of ether oxygens (including phenoxy) is 1. The zero-order valence-corrected chi connectivity index (χ0v) is 18.3. The van der Waals surface area contributed by atoms with Crippen molar-refractivity contribution in [1.29, 1.82) is 0 Å². The molecule has 1 atom stereocenters. The topological polar surface area (TPSA) is 89.8 Å². The Bertz CT molecular complexity index is 1440. The van der Waals surface area contributed by atoms with Crippen LogP contribution in [0.25, 0.3) is 5.57 Å². The van der Waals surface area contributed by atoms with E-state index in [9.17, 15) is 14.4 Å². The van der Waals surface area contributed by atoms with Crippen LogP contribution in [0, 0.1) is 0 Å². The normalized spacial score (nSPS) is 18.9. The molecule has 1 aromatic carbocycles. The Morgan fingerprint density at radius 2 is 2.03 bits per heavy atom. The Hall–Kier alpha value is -3.30. The van der Waals surface area contributed by atoms with Crippen molar-refractivity contribution in [3.8, 4) is 0 Å². The van der Waals surface area contributed by atoms with Crippen LogP contribution < -0.4 is 20.2 Å². The maximum absolute atomic E-state index is 13.6. The third-order valence-electron chi connectivity index (χ3n) is 5.20. The number of thiophene rings is 1. The number of amides is 1. The average molecular weight is 452 g/mol. The molecule has 5 rings (SSSR count). The first-order valence-corrected chi connectivity index (χ1v) is 11.4. The van der Waals surface area contributed by atoms with Gasteiger partial charge in [-0.2, -0.15) is 0 Å². The number of nitrogens with one attached hydrogen (secondary N) is 1. The van der Waals surface area contributed by atoms with Crippen molar-refractivity contribution < 1.29 is 14.3 Å². The summed E-state index contributed by atoms with van der Waals surface area (Å²) in [6.07, 6.45) is 0. The number of benzene rings is 1. The van der Waals surface area contributed by atoms with Gasteiger partial charge < -0.3 is 10.1 Å². The monoisotopic (exact) mass is 451 g/mol. The van der Waals surface area contributed by atoms with Crippen LogP contribution in [0.5, 0.6) is 0 Å². The van der Waals surface area contributed by atoms with E-state index in [1.54, 1.807) is 19.9 Å². The van der Waals surface area contributed by atoms with Crippen LogP contribution >= 0.6 is 22.7 Å². The van der Waals surface area contributed by atoms with E-state index in [0.29, 0.717) is 37.4 Å². The number of anilines is 1. The second-order valence-electron chi connectivity index (χ2n) is 7.01. The van der Waals surface area contributed by atoms with Crippen LogP contribution in [-0.2, 0) is 14.3 Å². The minimum Gasteiger partial charge on any atom is -0.463 e. The maximum atomic E-state index is 13.6. The molecule has 4 heterocycles. The lowest BCUT2D eigenvalue weighted by Gasteiger charge is -2.23. The summed E-state index contributed by atoms with van der Waals surface area (Å²) in [5.41, 5.74) is 2.19. The molecule has 0 saturated carbocycles. The van der Waals surface area contributed by atoms with Gasteiger partial charge in [0, 0.05) is 16.1 Å². The van der Waals surface area contributed by atoms with Crippen molar-refractivity contribution in [2.45, 2.75) is 19.9 Å². The fourth-order valence-electron chi connectivity index (χ4n) is 3.90. The Morgan fingerprint density at radius 3 is 2.77 bits per heavy atom. The number of fused-ring (bicyclic) bond motifs is 2. The number of aromatic nitrogens is 1. The molecule has 2 aliphatic heterocycles. The summed E-state index contributed by atoms with van der Waals surface area (Å²) >= 11 is 2.61. The van der Waals surface area contributed by atoms with Gasteiger partial charge >= 0.3 is 5.97 Å². The number of hydrogen-bond donors (Lipinski definition) is 1. The Kier molecular flexibility index (Phi) is 4.71. The Labute approximate surface area is 184 Å². The molecule has 0 spiro atoms. The summed E-state index contributed by atoms with van der Waals surface area (Å²) in [5, 5.41) is 4.71. The first-order chi connectivity index (χ1) is 15.0. The van der Waals surface area contributed by atoms with Crippen LogP contribution in [0.1, 0.15) is 30.3 Å². The molecule has 0 saturated heterocycles. The zero-order chi connectivity index (χ0) is 21.7. The van der Waals surface area contributed by atoms with Crippen LogP contribution in [0.15, 0.2) is 62.8 Å². The number of esters is 1. The fourth-order valence-corrected chi connectivity index (χ4v) is 5.87. The molecule has 2 aromatic heterocycles. The highest BCUT2D eigenvalue weighted by atomic mass is 32.1. The lowest BCUT2D eigenvalue weighted by molar-refractivity contribution is -0.139. The van der Waals surface area contributed by atoms with Gasteiger partial charge in [-0.05, 0) is 31.4 Å². The standard InChI is InChI=1S/C22H17N3O4S2/c1-3-29-21(28)15-11(2)23-22-25(17(15)14-9-6-10-30-14)20(27)18(31-22)16-12-7-4-5-8-13(12)24-19(16)26/h4-10,17H,3H2,1-2H3,(H,24,26)/b18-16-/t17-/m1/s1. The van der Waals surface area contributed by atoms with E-state index in [1.165, 1.54) is 15.9 Å². The Morgan fingerprint density at radius 1 is 1.23 bits per heavy atom. The summed E-state index contributed by atoms with van der Waals surface area (Å²) in [4.78, 5) is 45.0. The van der Waals surface area contributed by atoms with Gasteiger partial charge in [-0.3, -0.25) is 14.2 Å². The molecule has 1 amide bonds. The number of nitrogens with zero attached hydrogens (tertiary/aromatic N) is 2. The van der Waals surface area contributed by atoms with Crippen molar-refractivity contribution in [3.05, 3.63) is 83.2 Å². The lowest BCUT2D eigenvalue weighted by Crippen LogP contribution is -2.40. The van der Waals surface area contributed by atoms with Gasteiger partial charge in [0.15, 0.2) is 4.80 Å². The highest BCUT2D eigenvalue weighted by Crippen LogP contribution is 2.34. The molecule has 0 bridgehead atoms. The number of carbonyl (C=O) groups is 2. The summed E-state index contributed by atoms with van der Waals surface area (Å²) in [6.45, 7) is 3.70. The molecular weight excluding hydrogens is 434 g/mol. The van der Waals surface area contributed by atoms with Crippen molar-refractivity contribution in [1.82, 2.24) is 4.57 Å². The van der Waals surface area contributed by atoms with E-state index in [2.05, 4.69) is 10.3 Å². The Balaban J connectivity index is 1.82. The quantitative estimate of drug-likeness (QED) is 0.618. The van der Waals surface area contributed by atoms with E-state index < -0.39 is 12.0 Å². The van der Waals surface area contributed by atoms with Crippen molar-refractivity contribution in [2.24, 2.45) is 4.99 Å². The van der Waals surface area contributed by atoms with E-state index in [1.807, 2.05) is 35.7 Å². The van der Waals surface area contributed by atoms with Gasteiger partial charge in [-0.15, -0.1) is 11.3 Å². The van der Waals surface area contributed by atoms with Crippen LogP contribution in [-0.4, -0.2) is 23.1 Å². The van der Waals surface area contributed by atoms with Crippen molar-refractivity contribution >= 4 is 45.8 Å². The molecule has 0 radical (unpaired) electrons. The molecule has 0 aliphatic carbocycles. The predicted molar refractivity (Wildman–Crippen MR) is 119 cm³/mol. The molecular formula is C22H17N3O4S2. The first kappa shape index (κ1) is 19.7. The van der Waals surface area contributed by atoms with E-state index in [4.69, 9.17) is 4.74 Å². The molecule has 9 heteroatoms. The second-order valence-corrected chi connectivity index (χ2v) is 8.97. The molecule has 1 N–H and O–H groups in total. The minimum absolute atomic E-state index is 0.221. The average Bonchev–Trinajstić information content (AvgIpc) is 3.45. The van der Waals surface area contributed by atoms with Crippen molar-refractivity contribution in [3.63, 3.8) is 0 Å². The zero-order valence-electron chi connectivity index (χ0n) is 16.7. The SMILES string of the molecule is CCOC(=O)C1=C(C)N=c2s/c(=C3\C(=O)Nc4ccccc43)c(=O)n2[C@@H]1c1cccs1. The van der Waals surface area contributed by atoms with E-state index in [0.717, 1.165) is 16.2 Å². The third kappa shape index (κ3) is 3.00. The summed E-state index contributed by atoms with van der Waals surface area (Å²) < 4.78 is 7.08. The molecule has 0 fully saturated rings. The van der Waals surface area contributed by atoms with Gasteiger partial charge in [-0.25, -0.2) is 9.79 Å². The minimum atomic E-state index is -0.649. The van der Waals surface area contributed by atoms with Crippen LogP contribution in [0.2, 0.25) is 0 Å². The smallest absolute Gasteiger partial charge is 0.338 e. The largest absolute Gasteiger partial charge is 0.463 e.